The van der Waals surface area contributed by atoms with Gasteiger partial charge in [-0.3, -0.25) is 0 Å². The first-order chi connectivity index (χ1) is 6.88. The van der Waals surface area contributed by atoms with Crippen LogP contribution in [-0.4, -0.2) is 0 Å². The molecule has 0 saturated heterocycles. The highest BCUT2D eigenvalue weighted by molar-refractivity contribution is 5.37. The number of aryl methyl sites for hydroxylation is 1. The number of alkyl halides is 3. The summed E-state index contributed by atoms with van der Waals surface area (Å²) < 4.78 is 50.6. The minimum atomic E-state index is -4.76. The van der Waals surface area contributed by atoms with E-state index in [1.54, 1.807) is 6.07 Å². The minimum absolute atomic E-state index is 0.0796. The number of nitriles is 1. The van der Waals surface area contributed by atoms with E-state index in [0.29, 0.717) is 0 Å². The molecule has 0 aliphatic heterocycles. The second-order valence-electron chi connectivity index (χ2n) is 3.06. The van der Waals surface area contributed by atoms with Crippen molar-refractivity contribution in [2.75, 3.05) is 0 Å². The van der Waals surface area contributed by atoms with Crippen molar-refractivity contribution < 1.29 is 17.6 Å². The maximum atomic E-state index is 13.3. The molecule has 0 fully saturated rings. The van der Waals surface area contributed by atoms with E-state index in [9.17, 15) is 17.6 Å². The van der Waals surface area contributed by atoms with Crippen LogP contribution in [0.5, 0.6) is 0 Å². The van der Waals surface area contributed by atoms with Crippen LogP contribution in [0.4, 0.5) is 17.6 Å². The molecule has 0 aliphatic rings. The van der Waals surface area contributed by atoms with Gasteiger partial charge in [-0.1, -0.05) is 12.1 Å². The van der Waals surface area contributed by atoms with Crippen LogP contribution in [-0.2, 0) is 12.6 Å². The third-order valence-corrected chi connectivity index (χ3v) is 1.97. The van der Waals surface area contributed by atoms with Gasteiger partial charge < -0.3 is 0 Å². The van der Waals surface area contributed by atoms with Crippen molar-refractivity contribution in [1.29, 1.82) is 5.26 Å². The Bertz CT molecular complexity index is 415. The number of hydrogen-bond acceptors (Lipinski definition) is 1. The third kappa shape index (κ3) is 2.27. The zero-order valence-corrected chi connectivity index (χ0v) is 7.82. The van der Waals surface area contributed by atoms with Crippen LogP contribution >= 0.6 is 0 Å². The summed E-state index contributed by atoms with van der Waals surface area (Å²) in [7, 11) is 0. The molecule has 0 aliphatic carbocycles. The maximum Gasteiger partial charge on any atom is 0.419 e. The molecule has 0 spiro atoms. The lowest BCUT2D eigenvalue weighted by Crippen LogP contribution is -2.13. The molecule has 1 aromatic rings. The van der Waals surface area contributed by atoms with Gasteiger partial charge in [0.05, 0.1) is 18.1 Å². The summed E-state index contributed by atoms with van der Waals surface area (Å²) >= 11 is 0. The van der Waals surface area contributed by atoms with Crippen molar-refractivity contribution in [3.63, 3.8) is 0 Å². The van der Waals surface area contributed by atoms with Crippen molar-refractivity contribution in [1.82, 2.24) is 0 Å². The Labute approximate surface area is 83.9 Å². The Balaban J connectivity index is 3.43. The van der Waals surface area contributed by atoms with Gasteiger partial charge in [0.25, 0.3) is 0 Å². The minimum Gasteiger partial charge on any atom is -0.206 e. The first kappa shape index (κ1) is 11.5. The van der Waals surface area contributed by atoms with Gasteiger partial charge in [0.2, 0.25) is 0 Å². The van der Waals surface area contributed by atoms with Crippen LogP contribution in [0.1, 0.15) is 16.7 Å². The van der Waals surface area contributed by atoms with Gasteiger partial charge >= 0.3 is 6.18 Å². The fourth-order valence-corrected chi connectivity index (χ4v) is 1.26. The molecule has 0 unspecified atom stereocenters. The molecule has 1 rings (SSSR count). The van der Waals surface area contributed by atoms with Crippen molar-refractivity contribution in [2.24, 2.45) is 0 Å². The zero-order valence-electron chi connectivity index (χ0n) is 7.82. The van der Waals surface area contributed by atoms with E-state index in [0.717, 1.165) is 6.07 Å². The lowest BCUT2D eigenvalue weighted by molar-refractivity contribution is -0.140. The standard InChI is InChI=1S/C10H7F4N/c1-6-2-3-7(4-5-15)8(9(6)11)10(12,13)14/h2-3H,4H2,1H3. The van der Waals surface area contributed by atoms with E-state index >= 15 is 0 Å². The number of rotatable bonds is 1. The SMILES string of the molecule is Cc1ccc(CC#N)c(C(F)(F)F)c1F. The molecule has 0 aromatic heterocycles. The third-order valence-electron chi connectivity index (χ3n) is 1.97. The highest BCUT2D eigenvalue weighted by atomic mass is 19.4. The molecule has 1 nitrogen and oxygen atoms in total. The molecule has 0 bridgehead atoms. The van der Waals surface area contributed by atoms with Gasteiger partial charge in [0.15, 0.2) is 0 Å². The lowest BCUT2D eigenvalue weighted by atomic mass is 10.0. The molecule has 0 N–H and O–H groups in total. The molecular formula is C10H7F4N. The summed E-state index contributed by atoms with van der Waals surface area (Å²) in [5, 5.41) is 8.33. The second-order valence-corrected chi connectivity index (χ2v) is 3.06. The first-order valence-electron chi connectivity index (χ1n) is 4.10. The molecule has 80 valence electrons. The van der Waals surface area contributed by atoms with Gasteiger partial charge in [-0.2, -0.15) is 18.4 Å². The molecule has 0 heterocycles. The van der Waals surface area contributed by atoms with Crippen LogP contribution in [0.25, 0.3) is 0 Å². The van der Waals surface area contributed by atoms with E-state index in [-0.39, 0.29) is 11.1 Å². The van der Waals surface area contributed by atoms with Gasteiger partial charge in [-0.05, 0) is 18.1 Å². The first-order valence-corrected chi connectivity index (χ1v) is 4.10. The molecule has 1 aromatic carbocycles. The van der Waals surface area contributed by atoms with Crippen LogP contribution in [0.15, 0.2) is 12.1 Å². The quantitative estimate of drug-likeness (QED) is 0.662. The summed E-state index contributed by atoms with van der Waals surface area (Å²) in [5.74, 6) is -1.30. The highest BCUT2D eigenvalue weighted by Gasteiger charge is 2.37. The monoisotopic (exact) mass is 217 g/mol. The van der Waals surface area contributed by atoms with Crippen LogP contribution in [0.3, 0.4) is 0 Å². The Kier molecular flexibility index (Phi) is 2.98. The van der Waals surface area contributed by atoms with E-state index in [1.165, 1.54) is 13.0 Å². The van der Waals surface area contributed by atoms with Gasteiger partial charge in [-0.25, -0.2) is 4.39 Å². The van der Waals surface area contributed by atoms with E-state index in [1.807, 2.05) is 0 Å². The van der Waals surface area contributed by atoms with E-state index < -0.39 is 24.0 Å². The number of benzene rings is 1. The summed E-state index contributed by atoms with van der Waals surface area (Å²) in [6, 6.07) is 3.94. The number of halogens is 4. The fraction of sp³-hybridized carbons (Fsp3) is 0.300. The smallest absolute Gasteiger partial charge is 0.206 e. The molecule has 15 heavy (non-hydrogen) atoms. The molecule has 0 amide bonds. The molecule has 0 saturated carbocycles. The molecule has 0 radical (unpaired) electrons. The zero-order chi connectivity index (χ0) is 11.6. The average molecular weight is 217 g/mol. The molecule has 0 atom stereocenters. The molecule has 5 heteroatoms. The number of hydrogen-bond donors (Lipinski definition) is 0. The van der Waals surface area contributed by atoms with Gasteiger partial charge in [0.1, 0.15) is 5.82 Å². The predicted molar refractivity (Wildman–Crippen MR) is 45.5 cm³/mol. The van der Waals surface area contributed by atoms with Crippen molar-refractivity contribution >= 4 is 0 Å². The fourth-order valence-electron chi connectivity index (χ4n) is 1.26. The highest BCUT2D eigenvalue weighted by Crippen LogP contribution is 2.35. The average Bonchev–Trinajstić information content (AvgIpc) is 2.10. The van der Waals surface area contributed by atoms with Crippen molar-refractivity contribution in [3.05, 3.63) is 34.6 Å². The van der Waals surface area contributed by atoms with Crippen LogP contribution in [0, 0.1) is 24.1 Å². The van der Waals surface area contributed by atoms with Crippen LogP contribution in [0.2, 0.25) is 0 Å². The van der Waals surface area contributed by atoms with Crippen molar-refractivity contribution in [3.8, 4) is 6.07 Å². The predicted octanol–water partition coefficient (Wildman–Crippen LogP) is 3.22. The topological polar surface area (TPSA) is 23.8 Å². The van der Waals surface area contributed by atoms with E-state index in [2.05, 4.69) is 0 Å². The normalized spacial score (nSPS) is 11.2. The second kappa shape index (κ2) is 3.89. The Morgan fingerprint density at radius 3 is 2.40 bits per heavy atom. The Morgan fingerprint density at radius 2 is 1.93 bits per heavy atom. The summed E-state index contributed by atoms with van der Waals surface area (Å²) in [4.78, 5) is 0. The lowest BCUT2D eigenvalue weighted by Gasteiger charge is -2.13. The Morgan fingerprint density at radius 1 is 1.33 bits per heavy atom. The van der Waals surface area contributed by atoms with Gasteiger partial charge in [0, 0.05) is 0 Å². The van der Waals surface area contributed by atoms with Gasteiger partial charge in [-0.15, -0.1) is 0 Å². The van der Waals surface area contributed by atoms with E-state index in [4.69, 9.17) is 5.26 Å². The summed E-state index contributed by atoms with van der Waals surface area (Å²) in [5.41, 5.74) is -1.74. The Hall–Kier alpha value is -1.57. The summed E-state index contributed by atoms with van der Waals surface area (Å²) in [6.07, 6.45) is -5.21. The van der Waals surface area contributed by atoms with Crippen molar-refractivity contribution in [2.45, 2.75) is 19.5 Å². The largest absolute Gasteiger partial charge is 0.419 e. The molecular weight excluding hydrogens is 210 g/mol. The number of nitrogens with zero attached hydrogens (tertiary/aromatic N) is 1. The van der Waals surface area contributed by atoms with Crippen LogP contribution < -0.4 is 0 Å². The maximum absolute atomic E-state index is 13.3. The summed E-state index contributed by atoms with van der Waals surface area (Å²) in [6.45, 7) is 1.25.